The van der Waals surface area contributed by atoms with Crippen molar-refractivity contribution in [2.75, 3.05) is 0 Å². The highest BCUT2D eigenvalue weighted by Gasteiger charge is 2.14. The molecule has 0 saturated carbocycles. The van der Waals surface area contributed by atoms with Gasteiger partial charge >= 0.3 is 0 Å². The van der Waals surface area contributed by atoms with Gasteiger partial charge in [-0.25, -0.2) is 0 Å². The summed E-state index contributed by atoms with van der Waals surface area (Å²) in [6, 6.07) is 10.6. The number of aryl methyl sites for hydroxylation is 2. The summed E-state index contributed by atoms with van der Waals surface area (Å²) in [5, 5.41) is 0.0786. The maximum atomic E-state index is 6.50. The zero-order valence-electron chi connectivity index (χ0n) is 9.84. The van der Waals surface area contributed by atoms with Gasteiger partial charge < -0.3 is 0 Å². The Bertz CT molecular complexity index is 501. The highest BCUT2D eigenvalue weighted by atomic mass is 79.9. The van der Waals surface area contributed by atoms with E-state index in [1.165, 1.54) is 20.9 Å². The molecule has 0 aliphatic heterocycles. The van der Waals surface area contributed by atoms with Gasteiger partial charge in [0.15, 0.2) is 0 Å². The summed E-state index contributed by atoms with van der Waals surface area (Å²) >= 11 is 11.7. The van der Waals surface area contributed by atoms with Crippen molar-refractivity contribution in [1.29, 1.82) is 0 Å². The van der Waals surface area contributed by atoms with Crippen molar-refractivity contribution in [1.82, 2.24) is 0 Å². The fourth-order valence-corrected chi connectivity index (χ4v) is 3.65. The van der Waals surface area contributed by atoms with E-state index in [0.717, 1.165) is 10.9 Å². The topological polar surface area (TPSA) is 0 Å². The van der Waals surface area contributed by atoms with Gasteiger partial charge in [-0.1, -0.05) is 28.1 Å². The van der Waals surface area contributed by atoms with E-state index in [-0.39, 0.29) is 5.38 Å². The predicted octanol–water partition coefficient (Wildman–Crippen LogP) is 5.65. The third kappa shape index (κ3) is 3.34. The van der Waals surface area contributed by atoms with Crippen LogP contribution in [0.15, 0.2) is 34.8 Å². The molecule has 0 aliphatic carbocycles. The molecule has 0 fully saturated rings. The molecule has 0 N–H and O–H groups in total. The van der Waals surface area contributed by atoms with Gasteiger partial charge in [0.2, 0.25) is 0 Å². The van der Waals surface area contributed by atoms with Gasteiger partial charge in [-0.2, -0.15) is 0 Å². The van der Waals surface area contributed by atoms with E-state index < -0.39 is 0 Å². The van der Waals surface area contributed by atoms with Crippen LogP contribution in [0, 0.1) is 13.8 Å². The highest BCUT2D eigenvalue weighted by molar-refractivity contribution is 9.10. The fraction of sp³-hybridized carbons (Fsp3) is 0.286. The van der Waals surface area contributed by atoms with Crippen molar-refractivity contribution in [2.24, 2.45) is 0 Å². The second kappa shape index (κ2) is 5.55. The minimum Gasteiger partial charge on any atom is -0.144 e. The minimum absolute atomic E-state index is 0.0786. The summed E-state index contributed by atoms with van der Waals surface area (Å²) in [6.07, 6.45) is 0.885. The van der Waals surface area contributed by atoms with E-state index in [2.05, 4.69) is 60.1 Å². The number of alkyl halides is 1. The largest absolute Gasteiger partial charge is 0.144 e. The standard InChI is InChI=1S/C14H14BrClS/c1-9-7-10(2)17-14(9)13(16)8-11-3-5-12(15)6-4-11/h3-7,13H,8H2,1-2H3. The van der Waals surface area contributed by atoms with Crippen LogP contribution >= 0.6 is 38.9 Å². The average molecular weight is 330 g/mol. The third-order valence-electron chi connectivity index (χ3n) is 2.69. The molecule has 1 atom stereocenters. The maximum Gasteiger partial charge on any atom is 0.0721 e. The lowest BCUT2D eigenvalue weighted by molar-refractivity contribution is 0.931. The highest BCUT2D eigenvalue weighted by Crippen LogP contribution is 2.34. The quantitative estimate of drug-likeness (QED) is 0.638. The van der Waals surface area contributed by atoms with Crippen LogP contribution in [0.5, 0.6) is 0 Å². The summed E-state index contributed by atoms with van der Waals surface area (Å²) in [7, 11) is 0. The lowest BCUT2D eigenvalue weighted by atomic mass is 10.1. The Morgan fingerprint density at radius 2 is 1.88 bits per heavy atom. The van der Waals surface area contributed by atoms with Crippen LogP contribution < -0.4 is 0 Å². The minimum atomic E-state index is 0.0786. The van der Waals surface area contributed by atoms with E-state index in [1.807, 2.05) is 0 Å². The Kier molecular flexibility index (Phi) is 4.29. The Labute approximate surface area is 120 Å². The monoisotopic (exact) mass is 328 g/mol. The smallest absolute Gasteiger partial charge is 0.0721 e. The van der Waals surface area contributed by atoms with Gasteiger partial charge in [-0.05, 0) is 49.6 Å². The molecular weight excluding hydrogens is 316 g/mol. The van der Waals surface area contributed by atoms with Crippen LogP contribution in [-0.2, 0) is 6.42 Å². The van der Waals surface area contributed by atoms with Gasteiger partial charge in [0.25, 0.3) is 0 Å². The van der Waals surface area contributed by atoms with Gasteiger partial charge in [0.1, 0.15) is 0 Å². The molecule has 17 heavy (non-hydrogen) atoms. The number of benzene rings is 1. The number of rotatable bonds is 3. The maximum absolute atomic E-state index is 6.50. The molecular formula is C14H14BrClS. The Morgan fingerprint density at radius 3 is 2.41 bits per heavy atom. The molecule has 0 radical (unpaired) electrons. The van der Waals surface area contributed by atoms with Crippen molar-refractivity contribution >= 4 is 38.9 Å². The zero-order valence-corrected chi connectivity index (χ0v) is 13.0. The predicted molar refractivity (Wildman–Crippen MR) is 80.2 cm³/mol. The summed E-state index contributed by atoms with van der Waals surface area (Å²) in [4.78, 5) is 2.63. The average Bonchev–Trinajstić information content (AvgIpc) is 2.61. The zero-order chi connectivity index (χ0) is 12.4. The molecule has 1 aromatic heterocycles. The van der Waals surface area contributed by atoms with Crippen LogP contribution in [-0.4, -0.2) is 0 Å². The van der Waals surface area contributed by atoms with Crippen LogP contribution in [0.1, 0.15) is 26.3 Å². The van der Waals surface area contributed by atoms with Crippen molar-refractivity contribution in [3.8, 4) is 0 Å². The Hall–Kier alpha value is -0.310. The third-order valence-corrected chi connectivity index (χ3v) is 4.99. The van der Waals surface area contributed by atoms with Gasteiger partial charge in [0.05, 0.1) is 5.38 Å². The number of thiophene rings is 1. The van der Waals surface area contributed by atoms with Gasteiger partial charge in [0, 0.05) is 14.2 Å². The first-order chi connectivity index (χ1) is 8.06. The first-order valence-electron chi connectivity index (χ1n) is 5.51. The van der Waals surface area contributed by atoms with Crippen molar-refractivity contribution in [3.63, 3.8) is 0 Å². The first kappa shape index (κ1) is 13.1. The Balaban J connectivity index is 2.14. The van der Waals surface area contributed by atoms with E-state index in [4.69, 9.17) is 11.6 Å². The molecule has 0 saturated heterocycles. The van der Waals surface area contributed by atoms with Gasteiger partial charge in [-0.3, -0.25) is 0 Å². The van der Waals surface area contributed by atoms with Gasteiger partial charge in [-0.15, -0.1) is 22.9 Å². The molecule has 2 aromatic rings. The molecule has 0 amide bonds. The molecule has 0 bridgehead atoms. The number of hydrogen-bond donors (Lipinski definition) is 0. The van der Waals surface area contributed by atoms with Crippen LogP contribution in [0.25, 0.3) is 0 Å². The summed E-state index contributed by atoms with van der Waals surface area (Å²) in [5.41, 5.74) is 2.59. The first-order valence-corrected chi connectivity index (χ1v) is 7.56. The Morgan fingerprint density at radius 1 is 1.24 bits per heavy atom. The van der Waals surface area contributed by atoms with Crippen molar-refractivity contribution < 1.29 is 0 Å². The van der Waals surface area contributed by atoms with E-state index in [0.29, 0.717) is 0 Å². The number of halogens is 2. The second-order valence-electron chi connectivity index (χ2n) is 4.20. The SMILES string of the molecule is Cc1cc(C)c(C(Cl)Cc2ccc(Br)cc2)s1. The fourth-order valence-electron chi connectivity index (χ4n) is 1.89. The molecule has 3 heteroatoms. The van der Waals surface area contributed by atoms with E-state index in [9.17, 15) is 0 Å². The van der Waals surface area contributed by atoms with Crippen molar-refractivity contribution in [3.05, 3.63) is 55.7 Å². The lowest BCUT2D eigenvalue weighted by Crippen LogP contribution is -1.94. The van der Waals surface area contributed by atoms with Crippen molar-refractivity contribution in [2.45, 2.75) is 25.6 Å². The molecule has 1 aromatic carbocycles. The van der Waals surface area contributed by atoms with Crippen LogP contribution in [0.4, 0.5) is 0 Å². The molecule has 0 aliphatic rings. The van der Waals surface area contributed by atoms with E-state index >= 15 is 0 Å². The van der Waals surface area contributed by atoms with E-state index in [1.54, 1.807) is 11.3 Å². The molecule has 1 heterocycles. The molecule has 2 rings (SSSR count). The summed E-state index contributed by atoms with van der Waals surface area (Å²) in [6.45, 7) is 4.26. The lowest BCUT2D eigenvalue weighted by Gasteiger charge is -2.09. The molecule has 0 spiro atoms. The summed E-state index contributed by atoms with van der Waals surface area (Å²) < 4.78 is 1.11. The second-order valence-corrected chi connectivity index (χ2v) is 6.93. The molecule has 1 unspecified atom stereocenters. The summed E-state index contributed by atoms with van der Waals surface area (Å²) in [5.74, 6) is 0. The normalized spacial score (nSPS) is 12.7. The van der Waals surface area contributed by atoms with Crippen LogP contribution in [0.2, 0.25) is 0 Å². The van der Waals surface area contributed by atoms with Crippen LogP contribution in [0.3, 0.4) is 0 Å². The molecule has 90 valence electrons. The number of hydrogen-bond acceptors (Lipinski definition) is 1. The molecule has 0 nitrogen and oxygen atoms in total.